The largest absolute Gasteiger partial charge is 0.456 e. The van der Waals surface area contributed by atoms with Crippen molar-refractivity contribution in [3.8, 4) is 39.1 Å². The Kier molecular flexibility index (Phi) is 8.17. The van der Waals surface area contributed by atoms with Crippen LogP contribution in [-0.4, -0.2) is 4.57 Å². The van der Waals surface area contributed by atoms with Gasteiger partial charge in [0.05, 0.1) is 16.7 Å². The highest BCUT2D eigenvalue weighted by atomic mass is 16.3. The summed E-state index contributed by atoms with van der Waals surface area (Å²) in [6, 6.07) is 82.9. The maximum atomic E-state index is 6.50. The van der Waals surface area contributed by atoms with Gasteiger partial charge in [-0.05, 0) is 105 Å². The predicted molar refractivity (Wildman–Crippen MR) is 257 cm³/mol. The van der Waals surface area contributed by atoms with E-state index in [1.54, 1.807) is 0 Å². The molecule has 2 heterocycles. The second-order valence-electron chi connectivity index (χ2n) is 15.7. The summed E-state index contributed by atoms with van der Waals surface area (Å²) in [5.74, 6) is 0. The Morgan fingerprint density at radius 3 is 1.80 bits per heavy atom. The lowest BCUT2D eigenvalue weighted by molar-refractivity contribution is 0.669. The van der Waals surface area contributed by atoms with Gasteiger partial charge < -0.3 is 13.9 Å². The van der Waals surface area contributed by atoms with Gasteiger partial charge in [-0.2, -0.15) is 0 Å². The molecule has 0 N–H and O–H groups in total. The van der Waals surface area contributed by atoms with Gasteiger partial charge in [0, 0.05) is 50.2 Å². The number of para-hydroxylation sites is 4. The van der Waals surface area contributed by atoms with Gasteiger partial charge in [-0.3, -0.25) is 0 Å². The highest BCUT2D eigenvalue weighted by Gasteiger charge is 2.21. The summed E-state index contributed by atoms with van der Waals surface area (Å²) < 4.78 is 8.86. The molecular formula is C58H38N2O. The number of hydrogen-bond donors (Lipinski definition) is 0. The zero-order valence-electron chi connectivity index (χ0n) is 33.2. The maximum absolute atomic E-state index is 6.50. The van der Waals surface area contributed by atoms with Crippen molar-refractivity contribution in [1.29, 1.82) is 0 Å². The molecule has 0 radical (unpaired) electrons. The first-order valence-corrected chi connectivity index (χ1v) is 20.8. The number of benzene rings is 10. The van der Waals surface area contributed by atoms with E-state index in [9.17, 15) is 0 Å². The van der Waals surface area contributed by atoms with Crippen LogP contribution in [0.15, 0.2) is 235 Å². The summed E-state index contributed by atoms with van der Waals surface area (Å²) in [6.07, 6.45) is 0. The summed E-state index contributed by atoms with van der Waals surface area (Å²) in [5.41, 5.74) is 15.5. The van der Waals surface area contributed by atoms with Gasteiger partial charge in [-0.15, -0.1) is 0 Å². The first kappa shape index (κ1) is 34.9. The van der Waals surface area contributed by atoms with Gasteiger partial charge in [0.25, 0.3) is 0 Å². The molecule has 0 bridgehead atoms. The molecule has 0 saturated carbocycles. The highest BCUT2D eigenvalue weighted by molar-refractivity contribution is 6.12. The second kappa shape index (κ2) is 14.3. The van der Waals surface area contributed by atoms with E-state index in [0.29, 0.717) is 0 Å². The monoisotopic (exact) mass is 778 g/mol. The lowest BCUT2D eigenvalue weighted by Gasteiger charge is -2.28. The molecule has 3 heteroatoms. The first-order chi connectivity index (χ1) is 30.3. The van der Waals surface area contributed by atoms with Crippen molar-refractivity contribution >= 4 is 71.6 Å². The van der Waals surface area contributed by atoms with Crippen LogP contribution in [0.3, 0.4) is 0 Å². The van der Waals surface area contributed by atoms with E-state index in [0.717, 1.165) is 55.8 Å². The predicted octanol–water partition coefficient (Wildman–Crippen LogP) is 16.3. The summed E-state index contributed by atoms with van der Waals surface area (Å²) in [4.78, 5) is 2.38. The van der Waals surface area contributed by atoms with Crippen LogP contribution in [0.4, 0.5) is 17.1 Å². The molecule has 286 valence electrons. The van der Waals surface area contributed by atoms with Crippen LogP contribution in [0.2, 0.25) is 0 Å². The third-order valence-electron chi connectivity index (χ3n) is 12.2. The number of fused-ring (bicyclic) bond motifs is 7. The minimum atomic E-state index is 0.859. The van der Waals surface area contributed by atoms with Crippen LogP contribution in [0.25, 0.3) is 93.6 Å². The van der Waals surface area contributed by atoms with Gasteiger partial charge in [0.1, 0.15) is 11.2 Å². The van der Waals surface area contributed by atoms with Crippen LogP contribution in [0.5, 0.6) is 0 Å². The Morgan fingerprint density at radius 1 is 0.344 bits per heavy atom. The minimum Gasteiger partial charge on any atom is -0.456 e. The number of nitrogens with zero attached hydrogens (tertiary/aromatic N) is 2. The van der Waals surface area contributed by atoms with Crippen molar-refractivity contribution in [2.75, 3.05) is 4.90 Å². The zero-order valence-corrected chi connectivity index (χ0v) is 33.2. The summed E-state index contributed by atoms with van der Waals surface area (Å²) in [7, 11) is 0. The van der Waals surface area contributed by atoms with Gasteiger partial charge in [-0.1, -0.05) is 158 Å². The van der Waals surface area contributed by atoms with Crippen molar-refractivity contribution in [3.63, 3.8) is 0 Å². The average molecular weight is 779 g/mol. The number of hydrogen-bond acceptors (Lipinski definition) is 2. The Hall–Kier alpha value is -8.14. The van der Waals surface area contributed by atoms with E-state index < -0.39 is 0 Å². The molecule has 12 rings (SSSR count). The second-order valence-corrected chi connectivity index (χ2v) is 15.7. The molecule has 0 aliphatic carbocycles. The molecule has 0 saturated heterocycles. The van der Waals surface area contributed by atoms with Crippen molar-refractivity contribution in [1.82, 2.24) is 4.57 Å². The van der Waals surface area contributed by atoms with Crippen molar-refractivity contribution in [2.45, 2.75) is 0 Å². The molecule has 0 spiro atoms. The molecule has 0 aliphatic rings. The van der Waals surface area contributed by atoms with Crippen LogP contribution in [0, 0.1) is 0 Å². The van der Waals surface area contributed by atoms with Gasteiger partial charge >= 0.3 is 0 Å². The maximum Gasteiger partial charge on any atom is 0.137 e. The average Bonchev–Trinajstić information content (AvgIpc) is 3.87. The number of anilines is 3. The smallest absolute Gasteiger partial charge is 0.137 e. The van der Waals surface area contributed by atoms with Gasteiger partial charge in [-0.25, -0.2) is 0 Å². The van der Waals surface area contributed by atoms with E-state index in [2.05, 4.69) is 228 Å². The molecule has 3 nitrogen and oxygen atoms in total. The Bertz CT molecular complexity index is 3580. The minimum absolute atomic E-state index is 0.859. The molecule has 61 heavy (non-hydrogen) atoms. The normalized spacial score (nSPS) is 11.6. The fraction of sp³-hybridized carbons (Fsp3) is 0. The van der Waals surface area contributed by atoms with Crippen molar-refractivity contribution in [2.24, 2.45) is 0 Å². The Morgan fingerprint density at radius 2 is 0.967 bits per heavy atom. The highest BCUT2D eigenvalue weighted by Crippen LogP contribution is 2.46. The van der Waals surface area contributed by atoms with Crippen molar-refractivity contribution < 1.29 is 4.42 Å². The fourth-order valence-electron chi connectivity index (χ4n) is 9.41. The van der Waals surface area contributed by atoms with E-state index in [1.807, 2.05) is 12.1 Å². The molecule has 0 amide bonds. The van der Waals surface area contributed by atoms with Crippen LogP contribution >= 0.6 is 0 Å². The van der Waals surface area contributed by atoms with E-state index in [1.165, 1.54) is 54.8 Å². The molecular weight excluding hydrogens is 741 g/mol. The SMILES string of the molecule is c1ccc(-c2cccc3cccc(-c4ccccc4N(c4ccc(-c5ccc6c(c5)c5ccccc5n6-c5ccccc5)cc4)c4ccc5c(c4)oc4ccccc45)c23)cc1. The summed E-state index contributed by atoms with van der Waals surface area (Å²) in [5, 5.41) is 7.14. The molecule has 10 aromatic carbocycles. The van der Waals surface area contributed by atoms with Crippen LogP contribution < -0.4 is 4.90 Å². The molecule has 0 unspecified atom stereocenters. The lowest BCUT2D eigenvalue weighted by atomic mass is 9.90. The fourth-order valence-corrected chi connectivity index (χ4v) is 9.41. The molecule has 2 aromatic heterocycles. The van der Waals surface area contributed by atoms with E-state index in [4.69, 9.17) is 4.42 Å². The van der Waals surface area contributed by atoms with Gasteiger partial charge in [0.2, 0.25) is 0 Å². The van der Waals surface area contributed by atoms with Crippen LogP contribution in [0.1, 0.15) is 0 Å². The number of aromatic nitrogens is 1. The Balaban J connectivity index is 1.03. The molecule has 0 atom stereocenters. The Labute approximate surface area is 353 Å². The zero-order chi connectivity index (χ0) is 40.3. The first-order valence-electron chi connectivity index (χ1n) is 20.8. The van der Waals surface area contributed by atoms with Crippen molar-refractivity contribution in [3.05, 3.63) is 231 Å². The lowest BCUT2D eigenvalue weighted by Crippen LogP contribution is -2.11. The third-order valence-corrected chi connectivity index (χ3v) is 12.2. The summed E-state index contributed by atoms with van der Waals surface area (Å²) in [6.45, 7) is 0. The van der Waals surface area contributed by atoms with Crippen LogP contribution in [-0.2, 0) is 0 Å². The molecule has 12 aromatic rings. The standard InChI is InChI=1S/C58H38N2O/c1-3-15-40(16-4-1)46-24-13-17-41-18-14-25-51(58(41)46)47-21-7-10-26-53(47)59(45-34-35-50-49-23-9-12-28-56(49)61-57(50)38-45)44-32-29-39(30-33-44)42-31-36-55-52(37-42)48-22-8-11-27-54(48)60(55)43-19-5-2-6-20-43/h1-38H. The van der Waals surface area contributed by atoms with E-state index in [-0.39, 0.29) is 0 Å². The van der Waals surface area contributed by atoms with E-state index >= 15 is 0 Å². The molecule has 0 fully saturated rings. The number of furan rings is 1. The van der Waals surface area contributed by atoms with Gasteiger partial charge in [0.15, 0.2) is 0 Å². The number of rotatable bonds is 7. The topological polar surface area (TPSA) is 21.3 Å². The third kappa shape index (κ3) is 5.82. The summed E-state index contributed by atoms with van der Waals surface area (Å²) >= 11 is 0. The quantitative estimate of drug-likeness (QED) is 0.161. The molecule has 0 aliphatic heterocycles.